The summed E-state index contributed by atoms with van der Waals surface area (Å²) in [7, 11) is 0. The summed E-state index contributed by atoms with van der Waals surface area (Å²) in [5, 5.41) is 0. The molecule has 3 rings (SSSR count). The zero-order valence-electron chi connectivity index (χ0n) is 23.4. The number of hydrogen-bond donors (Lipinski definition) is 0. The van der Waals surface area contributed by atoms with Gasteiger partial charge in [-0.25, -0.2) is 9.59 Å². The maximum Gasteiger partial charge on any atom is 0.339 e. The molecule has 2 aromatic carbocycles. The van der Waals surface area contributed by atoms with Crippen molar-refractivity contribution in [2.24, 2.45) is 0 Å². The van der Waals surface area contributed by atoms with Gasteiger partial charge in [-0.3, -0.25) is 0 Å². The van der Waals surface area contributed by atoms with E-state index >= 15 is 0 Å². The van der Waals surface area contributed by atoms with Crippen LogP contribution in [0.25, 0.3) is 0 Å². The maximum absolute atomic E-state index is 12.4. The zero-order valence-corrected chi connectivity index (χ0v) is 23.4. The maximum atomic E-state index is 12.4. The average molecular weight is 527 g/mol. The van der Waals surface area contributed by atoms with Gasteiger partial charge in [0.25, 0.3) is 0 Å². The highest BCUT2D eigenvalue weighted by Crippen LogP contribution is 2.28. The van der Waals surface area contributed by atoms with Gasteiger partial charge in [-0.15, -0.1) is 0 Å². The van der Waals surface area contributed by atoms with Crippen LogP contribution in [0.4, 0.5) is 0 Å². The van der Waals surface area contributed by atoms with Crippen LogP contribution in [0.3, 0.4) is 0 Å². The summed E-state index contributed by atoms with van der Waals surface area (Å²) < 4.78 is 21.3. The van der Waals surface area contributed by atoms with Gasteiger partial charge in [-0.1, -0.05) is 102 Å². The minimum Gasteiger partial charge on any atom is -0.486 e. The molecule has 1 aliphatic heterocycles. The van der Waals surface area contributed by atoms with Crippen molar-refractivity contribution in [1.29, 1.82) is 0 Å². The second-order valence-electron chi connectivity index (χ2n) is 9.50. The molecule has 0 N–H and O–H groups in total. The summed E-state index contributed by atoms with van der Waals surface area (Å²) in [6.07, 6.45) is 13.6. The van der Waals surface area contributed by atoms with E-state index in [0.717, 1.165) is 37.2 Å². The Morgan fingerprint density at radius 3 is 1.37 bits per heavy atom. The van der Waals surface area contributed by atoms with E-state index in [9.17, 15) is 9.59 Å². The molecule has 0 aromatic heterocycles. The Morgan fingerprint density at radius 1 is 0.579 bits per heavy atom. The van der Waals surface area contributed by atoms with Crippen molar-refractivity contribution in [1.82, 2.24) is 0 Å². The number of para-hydroxylation sites is 2. The van der Waals surface area contributed by atoms with Crippen LogP contribution < -0.4 is 9.47 Å². The monoisotopic (exact) mass is 526 g/mol. The first-order valence-corrected chi connectivity index (χ1v) is 14.4. The quantitative estimate of drug-likeness (QED) is 0.162. The fraction of sp³-hybridized carbons (Fsp3) is 0.562. The molecule has 0 atom stereocenters. The van der Waals surface area contributed by atoms with Gasteiger partial charge in [0.2, 0.25) is 0 Å². The number of carbonyl (C=O) groups excluding carboxylic acids is 2. The molecule has 38 heavy (non-hydrogen) atoms. The molecule has 6 heteroatoms. The van der Waals surface area contributed by atoms with E-state index in [1.165, 1.54) is 51.4 Å². The van der Waals surface area contributed by atoms with E-state index in [1.54, 1.807) is 24.3 Å². The molecule has 2 aromatic rings. The number of benzene rings is 2. The Kier molecular flexibility index (Phi) is 16.4. The van der Waals surface area contributed by atoms with E-state index in [-0.39, 0.29) is 0 Å². The average Bonchev–Trinajstić information content (AvgIpc) is 2.96. The molecule has 0 bridgehead atoms. The van der Waals surface area contributed by atoms with Gasteiger partial charge in [0.05, 0.1) is 24.3 Å². The summed E-state index contributed by atoms with van der Waals surface area (Å²) >= 11 is 0. The molecular formula is C32H46O6. The molecule has 0 aliphatic carbocycles. The molecule has 0 amide bonds. The second kappa shape index (κ2) is 20.0. The minimum absolute atomic E-state index is 0.293. The number of fused-ring (bicyclic) bond motifs is 1. The number of unbranched alkanes of at least 4 members (excludes halogenated alkanes) is 10. The van der Waals surface area contributed by atoms with Gasteiger partial charge in [0.1, 0.15) is 13.2 Å². The van der Waals surface area contributed by atoms with Crippen molar-refractivity contribution in [2.45, 2.75) is 90.9 Å². The fourth-order valence-corrected chi connectivity index (χ4v) is 4.08. The molecule has 0 fully saturated rings. The number of hydrogen-bond acceptors (Lipinski definition) is 6. The Morgan fingerprint density at radius 2 is 0.947 bits per heavy atom. The first-order valence-electron chi connectivity index (χ1n) is 14.4. The third kappa shape index (κ3) is 12.5. The predicted octanol–water partition coefficient (Wildman–Crippen LogP) is 8.18. The van der Waals surface area contributed by atoms with Crippen LogP contribution in [-0.4, -0.2) is 38.4 Å². The molecule has 0 spiro atoms. The Balaban J connectivity index is 0.000000415. The molecular weight excluding hydrogens is 480 g/mol. The Labute approximate surface area is 229 Å². The number of rotatable bonds is 16. The predicted molar refractivity (Wildman–Crippen MR) is 151 cm³/mol. The van der Waals surface area contributed by atoms with Crippen molar-refractivity contribution < 1.29 is 28.5 Å². The highest BCUT2D eigenvalue weighted by molar-refractivity contribution is 6.03. The zero-order chi connectivity index (χ0) is 27.3. The number of ether oxygens (including phenoxy) is 4. The van der Waals surface area contributed by atoms with Crippen molar-refractivity contribution in [3.05, 3.63) is 59.7 Å². The van der Waals surface area contributed by atoms with E-state index in [2.05, 4.69) is 13.8 Å². The van der Waals surface area contributed by atoms with Crippen LogP contribution in [0.5, 0.6) is 11.5 Å². The van der Waals surface area contributed by atoms with Gasteiger partial charge >= 0.3 is 11.9 Å². The van der Waals surface area contributed by atoms with E-state index in [0.29, 0.717) is 37.6 Å². The van der Waals surface area contributed by atoms with Crippen molar-refractivity contribution in [3.8, 4) is 11.5 Å². The largest absolute Gasteiger partial charge is 0.486 e. The number of esters is 2. The van der Waals surface area contributed by atoms with Crippen molar-refractivity contribution >= 4 is 11.9 Å². The van der Waals surface area contributed by atoms with Crippen LogP contribution in [0.2, 0.25) is 0 Å². The summed E-state index contributed by atoms with van der Waals surface area (Å²) in [4.78, 5) is 24.7. The highest BCUT2D eigenvalue weighted by Gasteiger charge is 2.18. The van der Waals surface area contributed by atoms with E-state index in [4.69, 9.17) is 18.9 Å². The van der Waals surface area contributed by atoms with Crippen LogP contribution in [-0.2, 0) is 9.47 Å². The van der Waals surface area contributed by atoms with Gasteiger partial charge in [0, 0.05) is 0 Å². The summed E-state index contributed by atoms with van der Waals surface area (Å²) in [6, 6.07) is 14.4. The third-order valence-electron chi connectivity index (χ3n) is 6.28. The Bertz CT molecular complexity index is 852. The first kappa shape index (κ1) is 31.2. The molecule has 0 radical (unpaired) electrons. The van der Waals surface area contributed by atoms with E-state index in [1.807, 2.05) is 24.3 Å². The van der Waals surface area contributed by atoms with Crippen LogP contribution in [0.1, 0.15) is 112 Å². The molecule has 6 nitrogen and oxygen atoms in total. The highest BCUT2D eigenvalue weighted by atomic mass is 16.6. The summed E-state index contributed by atoms with van der Waals surface area (Å²) in [5.41, 5.74) is 0.586. The lowest BCUT2D eigenvalue weighted by Gasteiger charge is -2.17. The van der Waals surface area contributed by atoms with Gasteiger partial charge in [-0.2, -0.15) is 0 Å². The second-order valence-corrected chi connectivity index (χ2v) is 9.50. The van der Waals surface area contributed by atoms with Crippen molar-refractivity contribution in [3.63, 3.8) is 0 Å². The lowest BCUT2D eigenvalue weighted by molar-refractivity contribution is 0.0450. The Hall–Kier alpha value is -3.02. The lowest BCUT2D eigenvalue weighted by atomic mass is 10.1. The SMILES string of the molecule is CCCCCCCCOC(=O)c1ccccc1C(=O)OCCCCCCCC.c1ccc2c(c1)OCCO2. The van der Waals surface area contributed by atoms with Crippen molar-refractivity contribution in [2.75, 3.05) is 26.4 Å². The van der Waals surface area contributed by atoms with Gasteiger partial charge < -0.3 is 18.9 Å². The fourth-order valence-electron chi connectivity index (χ4n) is 4.08. The van der Waals surface area contributed by atoms with Gasteiger partial charge in [0.15, 0.2) is 11.5 Å². The summed E-state index contributed by atoms with van der Waals surface area (Å²) in [6.45, 7) is 6.50. The smallest absolute Gasteiger partial charge is 0.339 e. The van der Waals surface area contributed by atoms with E-state index < -0.39 is 11.9 Å². The molecule has 1 heterocycles. The molecule has 1 aliphatic rings. The van der Waals surface area contributed by atoms with Gasteiger partial charge in [-0.05, 0) is 37.1 Å². The molecule has 0 saturated carbocycles. The lowest BCUT2D eigenvalue weighted by Crippen LogP contribution is -2.15. The van der Waals surface area contributed by atoms with Crippen LogP contribution in [0, 0.1) is 0 Å². The topological polar surface area (TPSA) is 71.1 Å². The van der Waals surface area contributed by atoms with Crippen LogP contribution in [0.15, 0.2) is 48.5 Å². The molecule has 0 saturated heterocycles. The first-order chi connectivity index (χ1) is 18.7. The number of carbonyl (C=O) groups is 2. The molecule has 0 unspecified atom stereocenters. The minimum atomic E-state index is -0.444. The normalized spacial score (nSPS) is 11.7. The standard InChI is InChI=1S/C24H38O4.C8H8O2/c1-3-5-7-9-11-15-19-27-23(25)21-17-13-14-18-22(21)24(26)28-20-16-12-10-8-6-4-2;1-2-4-8-7(3-1)9-5-6-10-8/h13-14,17-18H,3-12,15-16,19-20H2,1-2H3;1-4H,5-6H2. The summed E-state index contributed by atoms with van der Waals surface area (Å²) in [5.74, 6) is 0.823. The van der Waals surface area contributed by atoms with Crippen LogP contribution >= 0.6 is 0 Å². The molecule has 210 valence electrons. The third-order valence-corrected chi connectivity index (χ3v) is 6.28.